The standard InChI is InChI=1S/C68H57N/c1-65(2,3)55-36-37-58-64-53(55)28-19-29-54(64)63-52-27-13-12-26-49(52)59(66(4,5)6)41-62(63)68(58)57-31-17-15-25-48(57)51-35-33-46(40-61(51)68)69(44-23-18-22-43(38-44)42-20-10-9-11-21-42)45-32-34-50-47-24-14-16-30-56(47)67(7,8)60(50)39-45/h9-41H,1-8H3. The van der Waals surface area contributed by atoms with Gasteiger partial charge < -0.3 is 4.90 Å². The van der Waals surface area contributed by atoms with E-state index < -0.39 is 5.41 Å². The molecule has 69 heavy (non-hydrogen) atoms. The fourth-order valence-corrected chi connectivity index (χ4v) is 13.0. The third-order valence-electron chi connectivity index (χ3n) is 16.1. The largest absolute Gasteiger partial charge is 0.310 e. The summed E-state index contributed by atoms with van der Waals surface area (Å²) < 4.78 is 0. The van der Waals surface area contributed by atoms with Crippen LogP contribution in [-0.2, 0) is 21.7 Å². The Labute approximate surface area is 407 Å². The maximum Gasteiger partial charge on any atom is 0.0726 e. The molecule has 0 heterocycles. The van der Waals surface area contributed by atoms with Crippen molar-refractivity contribution in [2.75, 3.05) is 4.90 Å². The number of anilines is 3. The molecule has 1 nitrogen and oxygen atoms in total. The first-order valence-electron chi connectivity index (χ1n) is 24.8. The van der Waals surface area contributed by atoms with E-state index in [1.54, 1.807) is 0 Å². The van der Waals surface area contributed by atoms with Crippen LogP contribution in [0.5, 0.6) is 0 Å². The average molecular weight is 888 g/mol. The highest BCUT2D eigenvalue weighted by Crippen LogP contribution is 2.64. The Bertz CT molecular complexity index is 3780. The van der Waals surface area contributed by atoms with E-state index in [9.17, 15) is 0 Å². The molecular weight excluding hydrogens is 831 g/mol. The number of rotatable bonds is 4. The Morgan fingerprint density at radius 2 is 0.870 bits per heavy atom. The van der Waals surface area contributed by atoms with E-state index in [4.69, 9.17) is 0 Å². The molecule has 1 spiro atoms. The highest BCUT2D eigenvalue weighted by Gasteiger charge is 2.51. The van der Waals surface area contributed by atoms with E-state index >= 15 is 0 Å². The van der Waals surface area contributed by atoms with Crippen LogP contribution in [0, 0.1) is 0 Å². The highest BCUT2D eigenvalue weighted by atomic mass is 15.1. The van der Waals surface area contributed by atoms with Gasteiger partial charge in [0.1, 0.15) is 0 Å². The SMILES string of the molecule is CC(C)(C)c1cc2c(c3ccccc13)-c1cccc3c(C(C)(C)C)ccc(c13)C21c2ccccc2-c2ccc(N(c3cccc(-c4ccccc4)c3)c3ccc4c(c3)C(C)(C)c3ccccc3-4)cc21. The van der Waals surface area contributed by atoms with Crippen molar-refractivity contribution in [2.24, 2.45) is 0 Å². The van der Waals surface area contributed by atoms with Crippen LogP contribution in [0.25, 0.3) is 66.1 Å². The zero-order valence-corrected chi connectivity index (χ0v) is 41.0. The van der Waals surface area contributed by atoms with Crippen LogP contribution in [0.2, 0.25) is 0 Å². The van der Waals surface area contributed by atoms with Crippen LogP contribution in [-0.4, -0.2) is 0 Å². The summed E-state index contributed by atoms with van der Waals surface area (Å²) in [5.41, 5.74) is 23.7. The predicted octanol–water partition coefficient (Wildman–Crippen LogP) is 18.4. The second-order valence-electron chi connectivity index (χ2n) is 22.5. The first-order valence-corrected chi connectivity index (χ1v) is 24.8. The average Bonchev–Trinajstić information content (AvgIpc) is 3.77. The van der Waals surface area contributed by atoms with E-state index in [0.29, 0.717) is 0 Å². The molecule has 1 atom stereocenters. The minimum atomic E-state index is -0.622. The minimum Gasteiger partial charge on any atom is -0.310 e. The van der Waals surface area contributed by atoms with Gasteiger partial charge in [0.05, 0.1) is 5.41 Å². The maximum absolute atomic E-state index is 2.62. The third kappa shape index (κ3) is 5.83. The van der Waals surface area contributed by atoms with Gasteiger partial charge in [0, 0.05) is 22.5 Å². The Morgan fingerprint density at radius 1 is 0.333 bits per heavy atom. The first kappa shape index (κ1) is 41.7. The molecule has 0 saturated heterocycles. The summed E-state index contributed by atoms with van der Waals surface area (Å²) in [6, 6.07) is 76.7. The molecule has 3 aliphatic rings. The maximum atomic E-state index is 2.62. The van der Waals surface area contributed by atoms with Crippen LogP contribution in [0.3, 0.4) is 0 Å². The first-order chi connectivity index (χ1) is 33.3. The lowest BCUT2D eigenvalue weighted by Gasteiger charge is -2.42. The normalized spacial score (nSPS) is 16.0. The number of benzene rings is 10. The summed E-state index contributed by atoms with van der Waals surface area (Å²) in [4.78, 5) is 2.53. The molecule has 1 unspecified atom stereocenters. The van der Waals surface area contributed by atoms with E-state index in [1.165, 1.54) is 111 Å². The number of hydrogen-bond acceptors (Lipinski definition) is 1. The Morgan fingerprint density at radius 3 is 1.59 bits per heavy atom. The molecule has 0 N–H and O–H groups in total. The van der Waals surface area contributed by atoms with Gasteiger partial charge in [-0.3, -0.25) is 0 Å². The van der Waals surface area contributed by atoms with Gasteiger partial charge in [-0.1, -0.05) is 219 Å². The second kappa shape index (κ2) is 14.5. The zero-order chi connectivity index (χ0) is 47.2. The molecule has 0 aliphatic heterocycles. The van der Waals surface area contributed by atoms with Gasteiger partial charge >= 0.3 is 0 Å². The van der Waals surface area contributed by atoms with Crippen LogP contribution < -0.4 is 4.90 Å². The van der Waals surface area contributed by atoms with Crippen molar-refractivity contribution < 1.29 is 0 Å². The Balaban J connectivity index is 1.15. The number of fused-ring (bicyclic) bond motifs is 14. The van der Waals surface area contributed by atoms with E-state index in [1.807, 2.05) is 0 Å². The van der Waals surface area contributed by atoms with Gasteiger partial charge in [-0.05, 0) is 158 Å². The van der Waals surface area contributed by atoms with Crippen LogP contribution >= 0.6 is 0 Å². The summed E-state index contributed by atoms with van der Waals surface area (Å²) in [6.45, 7) is 19.0. The summed E-state index contributed by atoms with van der Waals surface area (Å²) in [5, 5.41) is 5.36. The van der Waals surface area contributed by atoms with Crippen molar-refractivity contribution in [3.8, 4) is 44.5 Å². The third-order valence-corrected chi connectivity index (χ3v) is 16.1. The van der Waals surface area contributed by atoms with Crippen molar-refractivity contribution in [3.05, 3.63) is 245 Å². The molecule has 0 amide bonds. The van der Waals surface area contributed by atoms with Crippen LogP contribution in [0.4, 0.5) is 17.1 Å². The lowest BCUT2D eigenvalue weighted by molar-refractivity contribution is 0.592. The predicted molar refractivity (Wildman–Crippen MR) is 293 cm³/mol. The van der Waals surface area contributed by atoms with Gasteiger partial charge in [0.25, 0.3) is 0 Å². The van der Waals surface area contributed by atoms with E-state index in [0.717, 1.165) is 17.1 Å². The quantitative estimate of drug-likeness (QED) is 0.170. The van der Waals surface area contributed by atoms with E-state index in [-0.39, 0.29) is 16.2 Å². The van der Waals surface area contributed by atoms with Crippen LogP contribution in [0.1, 0.15) is 99.9 Å². The lowest BCUT2D eigenvalue weighted by Crippen LogP contribution is -2.33. The van der Waals surface area contributed by atoms with Crippen molar-refractivity contribution in [3.63, 3.8) is 0 Å². The lowest BCUT2D eigenvalue weighted by atomic mass is 9.59. The topological polar surface area (TPSA) is 3.24 Å². The molecule has 3 aliphatic carbocycles. The summed E-state index contributed by atoms with van der Waals surface area (Å²) >= 11 is 0. The molecule has 0 bridgehead atoms. The van der Waals surface area contributed by atoms with Gasteiger partial charge in [-0.2, -0.15) is 0 Å². The van der Waals surface area contributed by atoms with Gasteiger partial charge in [-0.25, -0.2) is 0 Å². The van der Waals surface area contributed by atoms with Crippen molar-refractivity contribution >= 4 is 38.6 Å². The molecule has 1 heteroatoms. The molecule has 0 fully saturated rings. The monoisotopic (exact) mass is 887 g/mol. The Kier molecular flexibility index (Phi) is 8.77. The van der Waals surface area contributed by atoms with Gasteiger partial charge in [-0.15, -0.1) is 0 Å². The zero-order valence-electron chi connectivity index (χ0n) is 41.0. The minimum absolute atomic E-state index is 0.0536. The molecule has 0 aromatic heterocycles. The summed E-state index contributed by atoms with van der Waals surface area (Å²) in [5.74, 6) is 0. The summed E-state index contributed by atoms with van der Waals surface area (Å²) in [6.07, 6.45) is 0. The molecular formula is C68H57N. The fraction of sp³-hybridized carbons (Fsp3) is 0.176. The molecule has 0 saturated carbocycles. The van der Waals surface area contributed by atoms with Crippen molar-refractivity contribution in [2.45, 2.75) is 77.0 Å². The number of hydrogen-bond donors (Lipinski definition) is 0. The Hall–Kier alpha value is -7.48. The molecule has 10 aromatic carbocycles. The summed E-state index contributed by atoms with van der Waals surface area (Å²) in [7, 11) is 0. The van der Waals surface area contributed by atoms with Gasteiger partial charge in [0.15, 0.2) is 0 Å². The van der Waals surface area contributed by atoms with Crippen molar-refractivity contribution in [1.29, 1.82) is 0 Å². The number of nitrogens with zero attached hydrogens (tertiary/aromatic N) is 1. The molecule has 0 radical (unpaired) electrons. The van der Waals surface area contributed by atoms with E-state index in [2.05, 4.69) is 260 Å². The second-order valence-corrected chi connectivity index (χ2v) is 22.5. The molecule has 334 valence electrons. The fourth-order valence-electron chi connectivity index (χ4n) is 13.0. The molecule has 13 rings (SSSR count). The highest BCUT2D eigenvalue weighted by molar-refractivity contribution is 6.15. The van der Waals surface area contributed by atoms with Crippen molar-refractivity contribution in [1.82, 2.24) is 0 Å². The smallest absolute Gasteiger partial charge is 0.0726 e. The van der Waals surface area contributed by atoms with Gasteiger partial charge in [0.2, 0.25) is 0 Å². The molecule has 10 aromatic rings. The van der Waals surface area contributed by atoms with Crippen LogP contribution in [0.15, 0.2) is 200 Å².